The Balaban J connectivity index is 2.57. The fourth-order valence-corrected chi connectivity index (χ4v) is 1.20. The van der Waals surface area contributed by atoms with Crippen LogP contribution in [0.1, 0.15) is 17.3 Å². The first-order valence-electron chi connectivity index (χ1n) is 4.69. The maximum Gasteiger partial charge on any atom is 0.251 e. The van der Waals surface area contributed by atoms with E-state index in [4.69, 9.17) is 4.74 Å². The van der Waals surface area contributed by atoms with Crippen LogP contribution in [0, 0.1) is 5.82 Å². The molecule has 0 saturated carbocycles. The molecule has 0 bridgehead atoms. The molecule has 0 aliphatic rings. The van der Waals surface area contributed by atoms with Gasteiger partial charge in [0.1, 0.15) is 5.82 Å². The lowest BCUT2D eigenvalue weighted by molar-refractivity contribution is 0.0905. The van der Waals surface area contributed by atoms with Gasteiger partial charge in [0.15, 0.2) is 0 Å². The van der Waals surface area contributed by atoms with Crippen LogP contribution in [-0.2, 0) is 4.74 Å². The lowest BCUT2D eigenvalue weighted by Crippen LogP contribution is -2.35. The monoisotopic (exact) mass is 211 g/mol. The van der Waals surface area contributed by atoms with E-state index in [0.29, 0.717) is 12.2 Å². The lowest BCUT2D eigenvalue weighted by Gasteiger charge is -2.12. The number of carbonyl (C=O) groups excluding carboxylic acids is 1. The Morgan fingerprint density at radius 3 is 2.60 bits per heavy atom. The second-order valence-corrected chi connectivity index (χ2v) is 3.34. The Hall–Kier alpha value is -1.42. The summed E-state index contributed by atoms with van der Waals surface area (Å²) in [5.74, 6) is -0.573. The second kappa shape index (κ2) is 5.46. The number of ether oxygens (including phenoxy) is 1. The van der Waals surface area contributed by atoms with Crippen molar-refractivity contribution in [2.24, 2.45) is 0 Å². The molecule has 0 fully saturated rings. The molecule has 1 atom stereocenters. The fourth-order valence-electron chi connectivity index (χ4n) is 1.20. The molecule has 0 spiro atoms. The highest BCUT2D eigenvalue weighted by molar-refractivity contribution is 5.94. The summed E-state index contributed by atoms with van der Waals surface area (Å²) in [6, 6.07) is 5.35. The maximum atomic E-state index is 12.6. The van der Waals surface area contributed by atoms with Crippen LogP contribution < -0.4 is 5.32 Å². The normalized spacial score (nSPS) is 12.2. The van der Waals surface area contributed by atoms with Crippen molar-refractivity contribution < 1.29 is 13.9 Å². The average molecular weight is 211 g/mol. The van der Waals surface area contributed by atoms with Gasteiger partial charge in [0.25, 0.3) is 5.91 Å². The molecule has 3 nitrogen and oxygen atoms in total. The molecule has 1 N–H and O–H groups in total. The number of nitrogens with one attached hydrogen (secondary N) is 1. The zero-order valence-electron chi connectivity index (χ0n) is 8.79. The van der Waals surface area contributed by atoms with Crippen LogP contribution in [0.25, 0.3) is 0 Å². The van der Waals surface area contributed by atoms with Crippen molar-refractivity contribution >= 4 is 5.91 Å². The van der Waals surface area contributed by atoms with Crippen molar-refractivity contribution in [3.05, 3.63) is 35.6 Å². The Kier molecular flexibility index (Phi) is 4.24. The Morgan fingerprint density at radius 2 is 2.07 bits per heavy atom. The van der Waals surface area contributed by atoms with Crippen LogP contribution in [0.3, 0.4) is 0 Å². The number of hydrogen-bond donors (Lipinski definition) is 1. The minimum atomic E-state index is -0.350. The molecular weight excluding hydrogens is 197 g/mol. The third-order valence-corrected chi connectivity index (χ3v) is 1.90. The van der Waals surface area contributed by atoms with Crippen LogP contribution in [0.2, 0.25) is 0 Å². The molecule has 1 amide bonds. The minimum Gasteiger partial charge on any atom is -0.383 e. The average Bonchev–Trinajstić information content (AvgIpc) is 2.18. The lowest BCUT2D eigenvalue weighted by atomic mass is 10.2. The smallest absolute Gasteiger partial charge is 0.251 e. The van der Waals surface area contributed by atoms with Gasteiger partial charge in [0.2, 0.25) is 0 Å². The first-order valence-corrected chi connectivity index (χ1v) is 4.69. The van der Waals surface area contributed by atoms with E-state index in [-0.39, 0.29) is 17.8 Å². The van der Waals surface area contributed by atoms with Gasteiger partial charge in [0.05, 0.1) is 6.61 Å². The molecule has 1 aromatic rings. The van der Waals surface area contributed by atoms with Crippen LogP contribution in [0.4, 0.5) is 4.39 Å². The number of hydrogen-bond acceptors (Lipinski definition) is 2. The van der Waals surface area contributed by atoms with Crippen molar-refractivity contribution in [3.8, 4) is 0 Å². The van der Waals surface area contributed by atoms with E-state index in [1.54, 1.807) is 7.11 Å². The molecule has 1 aromatic carbocycles. The van der Waals surface area contributed by atoms with E-state index in [1.165, 1.54) is 24.3 Å². The maximum absolute atomic E-state index is 12.6. The highest BCUT2D eigenvalue weighted by atomic mass is 19.1. The van der Waals surface area contributed by atoms with Crippen molar-refractivity contribution in [3.63, 3.8) is 0 Å². The summed E-state index contributed by atoms with van der Waals surface area (Å²) in [6.07, 6.45) is 0. The molecule has 0 aromatic heterocycles. The minimum absolute atomic E-state index is 0.0625. The summed E-state index contributed by atoms with van der Waals surface area (Å²) in [5.41, 5.74) is 0.444. The van der Waals surface area contributed by atoms with Gasteiger partial charge in [-0.05, 0) is 31.2 Å². The summed E-state index contributed by atoms with van der Waals surface area (Å²) >= 11 is 0. The number of benzene rings is 1. The van der Waals surface area contributed by atoms with Gasteiger partial charge in [-0.1, -0.05) is 0 Å². The van der Waals surface area contributed by atoms with Crippen molar-refractivity contribution in [1.29, 1.82) is 0 Å². The number of amides is 1. The van der Waals surface area contributed by atoms with E-state index in [0.717, 1.165) is 0 Å². The van der Waals surface area contributed by atoms with Gasteiger partial charge < -0.3 is 10.1 Å². The first kappa shape index (κ1) is 11.7. The Labute approximate surface area is 88.2 Å². The van der Waals surface area contributed by atoms with Gasteiger partial charge in [-0.2, -0.15) is 0 Å². The third-order valence-electron chi connectivity index (χ3n) is 1.90. The Morgan fingerprint density at radius 1 is 1.47 bits per heavy atom. The van der Waals surface area contributed by atoms with E-state index in [2.05, 4.69) is 5.32 Å². The first-order chi connectivity index (χ1) is 7.13. The largest absolute Gasteiger partial charge is 0.383 e. The van der Waals surface area contributed by atoms with E-state index in [1.807, 2.05) is 6.92 Å². The van der Waals surface area contributed by atoms with Gasteiger partial charge >= 0.3 is 0 Å². The molecule has 0 aliphatic carbocycles. The highest BCUT2D eigenvalue weighted by Crippen LogP contribution is 2.02. The van der Waals surface area contributed by atoms with Crippen LogP contribution in [-0.4, -0.2) is 25.7 Å². The Bertz CT molecular complexity index is 324. The van der Waals surface area contributed by atoms with Gasteiger partial charge in [-0.15, -0.1) is 0 Å². The molecule has 1 rings (SSSR count). The molecule has 0 radical (unpaired) electrons. The van der Waals surface area contributed by atoms with Crippen molar-refractivity contribution in [2.45, 2.75) is 13.0 Å². The molecule has 1 unspecified atom stereocenters. The predicted octanol–water partition coefficient (Wildman–Crippen LogP) is 1.59. The second-order valence-electron chi connectivity index (χ2n) is 3.34. The summed E-state index contributed by atoms with van der Waals surface area (Å²) in [7, 11) is 1.57. The van der Waals surface area contributed by atoms with Gasteiger partial charge in [-0.3, -0.25) is 4.79 Å². The summed E-state index contributed by atoms with van der Waals surface area (Å²) < 4.78 is 17.5. The third kappa shape index (κ3) is 3.67. The van der Waals surface area contributed by atoms with Crippen molar-refractivity contribution in [2.75, 3.05) is 13.7 Å². The number of halogens is 1. The van der Waals surface area contributed by atoms with Gasteiger partial charge in [0, 0.05) is 18.7 Å². The summed E-state index contributed by atoms with van der Waals surface area (Å²) in [6.45, 7) is 2.29. The quantitative estimate of drug-likeness (QED) is 0.821. The highest BCUT2D eigenvalue weighted by Gasteiger charge is 2.08. The SMILES string of the molecule is COCC(C)NC(=O)c1ccc(F)cc1. The zero-order valence-corrected chi connectivity index (χ0v) is 8.79. The number of methoxy groups -OCH3 is 1. The van der Waals surface area contributed by atoms with E-state index in [9.17, 15) is 9.18 Å². The number of carbonyl (C=O) groups is 1. The molecule has 15 heavy (non-hydrogen) atoms. The van der Waals surface area contributed by atoms with Gasteiger partial charge in [-0.25, -0.2) is 4.39 Å². The van der Waals surface area contributed by atoms with Crippen LogP contribution >= 0.6 is 0 Å². The van der Waals surface area contributed by atoms with Crippen LogP contribution in [0.15, 0.2) is 24.3 Å². The number of rotatable bonds is 4. The fraction of sp³-hybridized carbons (Fsp3) is 0.364. The molecule has 0 saturated heterocycles. The van der Waals surface area contributed by atoms with Crippen LogP contribution in [0.5, 0.6) is 0 Å². The standard InChI is InChI=1S/C11H14FNO2/c1-8(7-15-2)13-11(14)9-3-5-10(12)6-4-9/h3-6,8H,7H2,1-2H3,(H,13,14). The molecule has 0 heterocycles. The summed E-state index contributed by atoms with van der Waals surface area (Å²) in [5, 5.41) is 2.73. The van der Waals surface area contributed by atoms with E-state index >= 15 is 0 Å². The van der Waals surface area contributed by atoms with E-state index < -0.39 is 0 Å². The topological polar surface area (TPSA) is 38.3 Å². The molecule has 0 aliphatic heterocycles. The molecule has 4 heteroatoms. The zero-order chi connectivity index (χ0) is 11.3. The summed E-state index contributed by atoms with van der Waals surface area (Å²) in [4.78, 5) is 11.6. The molecule has 82 valence electrons. The predicted molar refractivity (Wildman–Crippen MR) is 55.2 cm³/mol. The van der Waals surface area contributed by atoms with Crippen molar-refractivity contribution in [1.82, 2.24) is 5.32 Å². The molecular formula is C11H14FNO2.